The summed E-state index contributed by atoms with van der Waals surface area (Å²) < 4.78 is 40.2. The van der Waals surface area contributed by atoms with Gasteiger partial charge in [0.05, 0.1) is 17.1 Å². The van der Waals surface area contributed by atoms with E-state index in [-0.39, 0.29) is 23.0 Å². The zero-order valence-electron chi connectivity index (χ0n) is 20.4. The van der Waals surface area contributed by atoms with Gasteiger partial charge < -0.3 is 9.47 Å². The Hall–Kier alpha value is -2.74. The van der Waals surface area contributed by atoms with Gasteiger partial charge in [-0.15, -0.1) is 0 Å². The summed E-state index contributed by atoms with van der Waals surface area (Å²) in [5, 5.41) is 2.68. The highest BCUT2D eigenvalue weighted by molar-refractivity contribution is 7.92. The van der Waals surface area contributed by atoms with Crippen molar-refractivity contribution in [2.75, 3.05) is 16.2 Å². The molecule has 0 saturated carbocycles. The van der Waals surface area contributed by atoms with Gasteiger partial charge in [-0.05, 0) is 68.5 Å². The quantitative estimate of drug-likeness (QED) is 0.615. The van der Waals surface area contributed by atoms with Crippen molar-refractivity contribution in [3.8, 4) is 5.75 Å². The number of anilines is 2. The van der Waals surface area contributed by atoms with Crippen LogP contribution in [-0.2, 0) is 20.2 Å². The lowest BCUT2D eigenvalue weighted by molar-refractivity contribution is 0.0636. The highest BCUT2D eigenvalue weighted by Crippen LogP contribution is 2.40. The van der Waals surface area contributed by atoms with Gasteiger partial charge in [-0.2, -0.15) is 0 Å². The average molecular weight is 475 g/mol. The Kier molecular flexibility index (Phi) is 6.71. The molecule has 1 aliphatic heterocycles. The molecule has 2 aromatic rings. The largest absolute Gasteiger partial charge is 0.486 e. The van der Waals surface area contributed by atoms with Crippen LogP contribution < -0.4 is 14.4 Å². The SMILES string of the molecule is CC[C@H]1CN(S(=O)(=O)c2cccc(C(C)(C)C)c2)c2cc(NC(=O)OC(C)(C)C)ccc2O1. The van der Waals surface area contributed by atoms with Crippen LogP contribution in [0.15, 0.2) is 47.4 Å². The van der Waals surface area contributed by atoms with Gasteiger partial charge in [0.1, 0.15) is 17.5 Å². The van der Waals surface area contributed by atoms with Gasteiger partial charge in [0.2, 0.25) is 0 Å². The van der Waals surface area contributed by atoms with Crippen molar-refractivity contribution in [3.05, 3.63) is 48.0 Å². The topological polar surface area (TPSA) is 84.9 Å². The van der Waals surface area contributed by atoms with Crippen LogP contribution in [0.2, 0.25) is 0 Å². The summed E-state index contributed by atoms with van der Waals surface area (Å²) in [5.41, 5.74) is 0.901. The molecule has 0 aromatic heterocycles. The second-order valence-corrected chi connectivity index (χ2v) is 12.1. The maximum atomic E-state index is 13.8. The first kappa shape index (κ1) is 24.9. The molecule has 2 aromatic carbocycles. The van der Waals surface area contributed by atoms with Crippen LogP contribution in [0.1, 0.15) is 60.5 Å². The number of ether oxygens (including phenoxy) is 2. The highest BCUT2D eigenvalue weighted by atomic mass is 32.2. The molecule has 180 valence electrons. The summed E-state index contributed by atoms with van der Waals surface area (Å²) in [5.74, 6) is 0.457. The van der Waals surface area contributed by atoms with Gasteiger partial charge in [-0.25, -0.2) is 13.2 Å². The third-order valence-corrected chi connectivity index (χ3v) is 7.06. The molecule has 1 heterocycles. The summed E-state index contributed by atoms with van der Waals surface area (Å²) in [6, 6.07) is 12.0. The molecule has 7 nitrogen and oxygen atoms in total. The first-order valence-corrected chi connectivity index (χ1v) is 12.6. The van der Waals surface area contributed by atoms with E-state index in [0.29, 0.717) is 23.5 Å². The fraction of sp³-hybridized carbons (Fsp3) is 0.480. The van der Waals surface area contributed by atoms with Gasteiger partial charge in [0.15, 0.2) is 0 Å². The molecule has 8 heteroatoms. The predicted octanol–water partition coefficient (Wildman–Crippen LogP) is 5.70. The number of nitrogens with one attached hydrogen (secondary N) is 1. The molecule has 0 fully saturated rings. The second kappa shape index (κ2) is 8.89. The first-order valence-electron chi connectivity index (χ1n) is 11.1. The maximum absolute atomic E-state index is 13.8. The van der Waals surface area contributed by atoms with Crippen LogP contribution >= 0.6 is 0 Å². The number of carbonyl (C=O) groups excluding carboxylic acids is 1. The lowest BCUT2D eigenvalue weighted by Crippen LogP contribution is -2.43. The number of rotatable bonds is 4. The van der Waals surface area contributed by atoms with Gasteiger partial charge in [-0.1, -0.05) is 39.8 Å². The Bertz CT molecular complexity index is 1130. The molecule has 0 aliphatic carbocycles. The summed E-state index contributed by atoms with van der Waals surface area (Å²) in [6.45, 7) is 13.6. The van der Waals surface area contributed by atoms with Crippen molar-refractivity contribution in [2.24, 2.45) is 0 Å². The molecule has 1 atom stereocenters. The molecule has 0 spiro atoms. The van der Waals surface area contributed by atoms with Crippen LogP contribution in [0, 0.1) is 0 Å². The van der Waals surface area contributed by atoms with Crippen molar-refractivity contribution in [1.82, 2.24) is 0 Å². The van der Waals surface area contributed by atoms with Gasteiger partial charge in [0.25, 0.3) is 10.0 Å². The Morgan fingerprint density at radius 1 is 1.12 bits per heavy atom. The van der Waals surface area contributed by atoms with E-state index >= 15 is 0 Å². The normalized spacial score (nSPS) is 16.6. The number of hydrogen-bond donors (Lipinski definition) is 1. The number of carbonyl (C=O) groups is 1. The van der Waals surface area contributed by atoms with E-state index in [1.54, 1.807) is 57.2 Å². The lowest BCUT2D eigenvalue weighted by Gasteiger charge is -2.35. The van der Waals surface area contributed by atoms with Crippen molar-refractivity contribution < 1.29 is 22.7 Å². The third-order valence-electron chi connectivity index (χ3n) is 5.28. The van der Waals surface area contributed by atoms with Crippen molar-refractivity contribution in [3.63, 3.8) is 0 Å². The molecule has 33 heavy (non-hydrogen) atoms. The van der Waals surface area contributed by atoms with Gasteiger partial charge >= 0.3 is 6.09 Å². The molecular weight excluding hydrogens is 440 g/mol. The summed E-state index contributed by atoms with van der Waals surface area (Å²) in [4.78, 5) is 12.5. The van der Waals surface area contributed by atoms with Crippen LogP contribution in [-0.4, -0.2) is 32.8 Å². The predicted molar refractivity (Wildman–Crippen MR) is 131 cm³/mol. The minimum atomic E-state index is -3.87. The number of amides is 1. The standard InChI is InChI=1S/C25H34N2O5S/c1-8-19-16-27(33(29,30)20-11-9-10-17(14-20)24(2,3)4)21-15-18(12-13-22(21)31-19)26-23(28)32-25(5,6)7/h9-15,19H,8,16H2,1-7H3,(H,26,28)/t19-/m0/s1. The van der Waals surface area contributed by atoms with Crippen molar-refractivity contribution in [2.45, 2.75) is 76.9 Å². The molecule has 0 unspecified atom stereocenters. The molecule has 3 rings (SSSR count). The number of hydrogen-bond acceptors (Lipinski definition) is 5. The number of fused-ring (bicyclic) bond motifs is 1. The van der Waals surface area contributed by atoms with Crippen LogP contribution in [0.5, 0.6) is 5.75 Å². The van der Waals surface area contributed by atoms with E-state index in [2.05, 4.69) is 5.32 Å². The van der Waals surface area contributed by atoms with Gasteiger partial charge in [0, 0.05) is 5.69 Å². The first-order chi connectivity index (χ1) is 15.2. The Morgan fingerprint density at radius 2 is 1.82 bits per heavy atom. The fourth-order valence-electron chi connectivity index (χ4n) is 3.50. The van der Waals surface area contributed by atoms with Crippen LogP contribution in [0.25, 0.3) is 0 Å². The van der Waals surface area contributed by atoms with E-state index in [1.807, 2.05) is 33.8 Å². The monoisotopic (exact) mass is 474 g/mol. The Balaban J connectivity index is 2.02. The highest BCUT2D eigenvalue weighted by Gasteiger charge is 2.35. The summed E-state index contributed by atoms with van der Waals surface area (Å²) in [7, 11) is -3.87. The van der Waals surface area contributed by atoms with E-state index in [1.165, 1.54) is 4.31 Å². The van der Waals surface area contributed by atoms with Gasteiger partial charge in [-0.3, -0.25) is 9.62 Å². The average Bonchev–Trinajstić information content (AvgIpc) is 2.71. The summed E-state index contributed by atoms with van der Waals surface area (Å²) in [6.07, 6.45) is -0.230. The Morgan fingerprint density at radius 3 is 2.42 bits per heavy atom. The molecule has 1 amide bonds. The Labute approximate surface area is 197 Å². The van der Waals surface area contributed by atoms with E-state index in [4.69, 9.17) is 9.47 Å². The number of nitrogens with zero attached hydrogens (tertiary/aromatic N) is 1. The molecule has 0 radical (unpaired) electrons. The molecule has 1 aliphatic rings. The fourth-order valence-corrected chi connectivity index (χ4v) is 5.05. The van der Waals surface area contributed by atoms with Crippen LogP contribution in [0.4, 0.5) is 16.2 Å². The molecule has 0 saturated heterocycles. The maximum Gasteiger partial charge on any atom is 0.412 e. The molecule has 0 bridgehead atoms. The third kappa shape index (κ3) is 5.79. The zero-order valence-corrected chi connectivity index (χ0v) is 21.2. The van der Waals surface area contributed by atoms with E-state index in [9.17, 15) is 13.2 Å². The minimum Gasteiger partial charge on any atom is -0.486 e. The smallest absolute Gasteiger partial charge is 0.412 e. The number of benzene rings is 2. The van der Waals surface area contributed by atoms with Crippen molar-refractivity contribution in [1.29, 1.82) is 0 Å². The summed E-state index contributed by atoms with van der Waals surface area (Å²) >= 11 is 0. The zero-order chi connectivity index (χ0) is 24.6. The molecular formula is C25H34N2O5S. The second-order valence-electron chi connectivity index (χ2n) is 10.3. The number of sulfonamides is 1. The lowest BCUT2D eigenvalue weighted by atomic mass is 9.87. The minimum absolute atomic E-state index is 0.182. The van der Waals surface area contributed by atoms with Crippen molar-refractivity contribution >= 4 is 27.5 Å². The molecule has 1 N–H and O–H groups in total. The van der Waals surface area contributed by atoms with E-state index in [0.717, 1.165) is 5.56 Å². The van der Waals surface area contributed by atoms with Crippen LogP contribution in [0.3, 0.4) is 0 Å². The van der Waals surface area contributed by atoms with E-state index < -0.39 is 21.7 Å².